The molecule has 0 bridgehead atoms. The monoisotopic (exact) mass is 480 g/mol. The van der Waals surface area contributed by atoms with E-state index < -0.39 is 23.4 Å². The molecular formula is C21H20ClF3N6O2. The standard InChI is InChI=1S/C21H20ClF3N6O2/c22-14-9-12(23)1-2-13(14)21(3-4-21)20-27-19(33-29-20)15-10-16(18(24)25)31(28-15)11-17(32)30-7-5-26-6-8-30/h1-2,9-10,18,26H,3-8,11H2. The zero-order valence-electron chi connectivity index (χ0n) is 17.4. The number of nitrogens with zero attached hydrogens (tertiary/aromatic N) is 5. The molecule has 2 fully saturated rings. The van der Waals surface area contributed by atoms with Crippen molar-refractivity contribution in [2.45, 2.75) is 31.2 Å². The molecule has 12 heteroatoms. The number of rotatable bonds is 6. The summed E-state index contributed by atoms with van der Waals surface area (Å²) in [6.07, 6.45) is -1.46. The molecule has 3 aromatic rings. The summed E-state index contributed by atoms with van der Waals surface area (Å²) in [7, 11) is 0. The molecule has 1 aromatic carbocycles. The van der Waals surface area contributed by atoms with Gasteiger partial charge in [-0.05, 0) is 36.6 Å². The number of halogens is 4. The second kappa shape index (κ2) is 8.45. The van der Waals surface area contributed by atoms with Crippen LogP contribution >= 0.6 is 11.6 Å². The van der Waals surface area contributed by atoms with E-state index in [0.29, 0.717) is 50.4 Å². The first-order valence-electron chi connectivity index (χ1n) is 10.5. The minimum absolute atomic E-state index is 0.0372. The van der Waals surface area contributed by atoms with Crippen molar-refractivity contribution >= 4 is 17.5 Å². The van der Waals surface area contributed by atoms with Gasteiger partial charge in [-0.2, -0.15) is 10.1 Å². The van der Waals surface area contributed by atoms with Crippen LogP contribution in [0.3, 0.4) is 0 Å². The van der Waals surface area contributed by atoms with Crippen molar-refractivity contribution in [3.63, 3.8) is 0 Å². The second-order valence-electron chi connectivity index (χ2n) is 8.17. The first kappa shape index (κ1) is 21.9. The number of alkyl halides is 2. The van der Waals surface area contributed by atoms with Gasteiger partial charge in [0.05, 0.1) is 5.41 Å². The highest BCUT2D eigenvalue weighted by Crippen LogP contribution is 2.54. The summed E-state index contributed by atoms with van der Waals surface area (Å²) in [5.74, 6) is -0.447. The van der Waals surface area contributed by atoms with E-state index in [2.05, 4.69) is 20.6 Å². The van der Waals surface area contributed by atoms with E-state index in [0.717, 1.165) is 10.7 Å². The summed E-state index contributed by atoms with van der Waals surface area (Å²) in [6, 6.07) is 5.28. The fourth-order valence-electron chi connectivity index (χ4n) is 4.12. The maximum Gasteiger partial charge on any atom is 0.280 e. The molecule has 0 radical (unpaired) electrons. The highest BCUT2D eigenvalue weighted by molar-refractivity contribution is 6.31. The minimum Gasteiger partial charge on any atom is -0.339 e. The van der Waals surface area contributed by atoms with Gasteiger partial charge in [-0.15, -0.1) is 0 Å². The van der Waals surface area contributed by atoms with Gasteiger partial charge >= 0.3 is 0 Å². The van der Waals surface area contributed by atoms with Crippen LogP contribution in [0, 0.1) is 5.82 Å². The Morgan fingerprint density at radius 2 is 2.00 bits per heavy atom. The van der Waals surface area contributed by atoms with Gasteiger partial charge in [-0.3, -0.25) is 9.48 Å². The van der Waals surface area contributed by atoms with E-state index in [1.165, 1.54) is 12.1 Å². The molecule has 1 saturated heterocycles. The SMILES string of the molecule is O=C(Cn1nc(-c2nc(C3(c4ccc(F)cc4Cl)CC3)no2)cc1C(F)F)N1CCNCC1. The van der Waals surface area contributed by atoms with Crippen LogP contribution in [-0.2, 0) is 16.8 Å². The maximum atomic E-state index is 13.6. The van der Waals surface area contributed by atoms with Crippen LogP contribution in [0.1, 0.15) is 36.3 Å². The van der Waals surface area contributed by atoms with Gasteiger partial charge in [-0.1, -0.05) is 22.8 Å². The number of aromatic nitrogens is 4. The van der Waals surface area contributed by atoms with E-state index >= 15 is 0 Å². The fourth-order valence-corrected chi connectivity index (χ4v) is 4.47. The number of piperazine rings is 1. The molecular weight excluding hydrogens is 461 g/mol. The number of carbonyl (C=O) groups excluding carboxylic acids is 1. The summed E-state index contributed by atoms with van der Waals surface area (Å²) in [4.78, 5) is 18.5. The first-order valence-corrected chi connectivity index (χ1v) is 10.9. The van der Waals surface area contributed by atoms with Crippen molar-refractivity contribution in [3.8, 4) is 11.6 Å². The predicted molar refractivity (Wildman–Crippen MR) is 111 cm³/mol. The zero-order valence-corrected chi connectivity index (χ0v) is 18.2. The van der Waals surface area contributed by atoms with Gasteiger partial charge in [-0.25, -0.2) is 13.2 Å². The molecule has 2 aromatic heterocycles. The van der Waals surface area contributed by atoms with Crippen LogP contribution in [-0.4, -0.2) is 56.9 Å². The average Bonchev–Trinajstić information content (AvgIpc) is 3.24. The summed E-state index contributed by atoms with van der Waals surface area (Å²) in [5, 5.41) is 11.6. The first-order chi connectivity index (χ1) is 15.9. The summed E-state index contributed by atoms with van der Waals surface area (Å²) in [5.41, 5.74) is -0.286. The Morgan fingerprint density at radius 3 is 2.67 bits per heavy atom. The Kier molecular flexibility index (Phi) is 5.61. The molecule has 1 aliphatic carbocycles. The van der Waals surface area contributed by atoms with E-state index in [1.54, 1.807) is 11.0 Å². The normalized spacial score (nSPS) is 17.5. The van der Waals surface area contributed by atoms with Gasteiger partial charge in [0.2, 0.25) is 5.91 Å². The molecule has 2 aliphatic rings. The van der Waals surface area contributed by atoms with Crippen molar-refractivity contribution in [1.29, 1.82) is 0 Å². The number of hydrogen-bond acceptors (Lipinski definition) is 6. The second-order valence-corrected chi connectivity index (χ2v) is 8.58. The van der Waals surface area contributed by atoms with Crippen LogP contribution in [0.15, 0.2) is 28.8 Å². The highest BCUT2D eigenvalue weighted by Gasteiger charge is 2.51. The predicted octanol–water partition coefficient (Wildman–Crippen LogP) is 3.17. The Balaban J connectivity index is 1.41. The van der Waals surface area contributed by atoms with E-state index in [9.17, 15) is 18.0 Å². The zero-order chi connectivity index (χ0) is 23.2. The smallest absolute Gasteiger partial charge is 0.280 e. The van der Waals surface area contributed by atoms with Crippen LogP contribution < -0.4 is 5.32 Å². The van der Waals surface area contributed by atoms with Crippen LogP contribution in [0.4, 0.5) is 13.2 Å². The maximum absolute atomic E-state index is 13.6. The van der Waals surface area contributed by atoms with Crippen LogP contribution in [0.25, 0.3) is 11.6 Å². The minimum atomic E-state index is -2.84. The van der Waals surface area contributed by atoms with Gasteiger partial charge in [0.25, 0.3) is 12.3 Å². The molecule has 1 aliphatic heterocycles. The lowest BCUT2D eigenvalue weighted by Crippen LogP contribution is -2.47. The van der Waals surface area contributed by atoms with Crippen LogP contribution in [0.5, 0.6) is 0 Å². The highest BCUT2D eigenvalue weighted by atomic mass is 35.5. The Labute approximate surface area is 191 Å². The molecule has 0 spiro atoms. The summed E-state index contributed by atoms with van der Waals surface area (Å²) < 4.78 is 47.1. The van der Waals surface area contributed by atoms with Crippen molar-refractivity contribution in [3.05, 3.63) is 52.2 Å². The van der Waals surface area contributed by atoms with Gasteiger partial charge in [0.15, 0.2) is 11.5 Å². The molecule has 8 nitrogen and oxygen atoms in total. The third-order valence-electron chi connectivity index (χ3n) is 6.06. The summed E-state index contributed by atoms with van der Waals surface area (Å²) >= 11 is 6.23. The van der Waals surface area contributed by atoms with Gasteiger partial charge < -0.3 is 14.7 Å². The average molecular weight is 481 g/mol. The number of benzene rings is 1. The molecule has 1 N–H and O–H groups in total. The molecule has 0 unspecified atom stereocenters. The van der Waals surface area contributed by atoms with Gasteiger partial charge in [0, 0.05) is 31.2 Å². The van der Waals surface area contributed by atoms with Crippen molar-refractivity contribution in [2.75, 3.05) is 26.2 Å². The molecule has 0 atom stereocenters. The Morgan fingerprint density at radius 1 is 1.24 bits per heavy atom. The largest absolute Gasteiger partial charge is 0.339 e. The van der Waals surface area contributed by atoms with Crippen molar-refractivity contribution in [1.82, 2.24) is 30.1 Å². The quantitative estimate of drug-likeness (QED) is 0.583. The van der Waals surface area contributed by atoms with Crippen molar-refractivity contribution < 1.29 is 22.5 Å². The van der Waals surface area contributed by atoms with Crippen molar-refractivity contribution in [2.24, 2.45) is 0 Å². The van der Waals surface area contributed by atoms with Crippen LogP contribution in [0.2, 0.25) is 5.02 Å². The Bertz CT molecular complexity index is 1190. The summed E-state index contributed by atoms with van der Waals surface area (Å²) in [6.45, 7) is 2.02. The van der Waals surface area contributed by atoms with E-state index in [1.807, 2.05) is 0 Å². The molecule has 1 amide bonds. The van der Waals surface area contributed by atoms with Gasteiger partial charge in [0.1, 0.15) is 18.1 Å². The number of nitrogens with one attached hydrogen (secondary N) is 1. The van der Waals surface area contributed by atoms with E-state index in [4.69, 9.17) is 16.1 Å². The Hall–Kier alpha value is -2.92. The third kappa shape index (κ3) is 4.10. The lowest BCUT2D eigenvalue weighted by molar-refractivity contribution is -0.132. The molecule has 33 heavy (non-hydrogen) atoms. The van der Waals surface area contributed by atoms with E-state index in [-0.39, 0.29) is 29.1 Å². The number of hydrogen-bond donors (Lipinski definition) is 1. The molecule has 174 valence electrons. The lowest BCUT2D eigenvalue weighted by atomic mass is 9.95. The molecule has 5 rings (SSSR count). The third-order valence-corrected chi connectivity index (χ3v) is 6.37. The number of amides is 1. The fraction of sp³-hybridized carbons (Fsp3) is 0.429. The topological polar surface area (TPSA) is 89.1 Å². The number of carbonyl (C=O) groups is 1. The molecule has 3 heterocycles. The molecule has 1 saturated carbocycles. The lowest BCUT2D eigenvalue weighted by Gasteiger charge is -2.27.